The number of nitrogens with one attached hydrogen (secondary N) is 4. The smallest absolute Gasteiger partial charge is 0.282 e. The van der Waals surface area contributed by atoms with E-state index in [9.17, 15) is 19.2 Å². The molecule has 0 rings (SSSR count). The maximum Gasteiger partial charge on any atom is 0.282 e. The van der Waals surface area contributed by atoms with E-state index in [1.807, 2.05) is 0 Å². The molecule has 0 aromatic rings. The Hall–Kier alpha value is -5.36. The zero-order valence-corrected chi connectivity index (χ0v) is 39.0. The van der Waals surface area contributed by atoms with Gasteiger partial charge < -0.3 is 78.1 Å². The fourth-order valence-corrected chi connectivity index (χ4v) is 4.86. The van der Waals surface area contributed by atoms with Gasteiger partial charge in [-0.25, -0.2) is 0 Å². The van der Waals surface area contributed by atoms with Crippen molar-refractivity contribution in [1.82, 2.24) is 21.3 Å². The molecule has 32 nitrogen and oxygen atoms in total. The van der Waals surface area contributed by atoms with Crippen molar-refractivity contribution in [2.75, 3.05) is 211 Å². The molecule has 69 heavy (non-hydrogen) atoms. The molecule has 4 amide bonds. The second-order valence-electron chi connectivity index (χ2n) is 12.9. The average molecular weight is 993 g/mol. The van der Waals surface area contributed by atoms with Crippen LogP contribution in [-0.4, -0.2) is 235 Å². The fourth-order valence-electron chi connectivity index (χ4n) is 4.86. The summed E-state index contributed by atoms with van der Waals surface area (Å²) < 4.78 is 64.7. The number of rotatable bonds is 52. The maximum atomic E-state index is 14.0. The molecule has 0 aliphatic rings. The number of ether oxygens (including phenoxy) is 12. The normalized spacial score (nSPS) is 11.5. The average Bonchev–Trinajstić information content (AvgIpc) is 3.35. The van der Waals surface area contributed by atoms with Crippen LogP contribution >= 0.6 is 0 Å². The molecule has 4 N–H and O–H groups in total. The third kappa shape index (κ3) is 37.2. The lowest BCUT2D eigenvalue weighted by Gasteiger charge is -2.29. The first-order valence-corrected chi connectivity index (χ1v) is 22.0. The number of hydrogen-bond acceptors (Lipinski definition) is 20. The standard InChI is InChI=1S/C37H68N16O16/c38-50-46-5-13-62-21-29-66-25-17-58-9-1-42-33(54)37(34(55)43-2-10-59-18-26-67-30-22-63-14-6-47-51-39,35(56)44-3-11-60-19-27-68-31-23-64-15-7-48-52-40)36(57)45-4-12-61-20-28-69-32-24-65-16-8-49-53-41/h1-32H2,(H,42,54)(H,43,55)(H,44,56)(H,45,57). The van der Waals surface area contributed by atoms with Gasteiger partial charge >= 0.3 is 0 Å². The Kier molecular flexibility index (Phi) is 46.6. The van der Waals surface area contributed by atoms with E-state index in [2.05, 4.69) is 61.4 Å². The number of nitrogens with zero attached hydrogens (tertiary/aromatic N) is 12. The van der Waals surface area contributed by atoms with Gasteiger partial charge in [-0.15, -0.1) is 0 Å². The molecule has 0 fully saturated rings. The molecule has 0 aliphatic heterocycles. The van der Waals surface area contributed by atoms with Gasteiger partial charge in [0.25, 0.3) is 29.0 Å². The Morgan fingerprint density at radius 1 is 0.290 bits per heavy atom. The van der Waals surface area contributed by atoms with Gasteiger partial charge in [-0.2, -0.15) is 0 Å². The Bertz CT molecular complexity index is 1310. The zero-order valence-electron chi connectivity index (χ0n) is 39.0. The van der Waals surface area contributed by atoms with Gasteiger partial charge in [0, 0.05) is 72.0 Å². The van der Waals surface area contributed by atoms with Gasteiger partial charge in [0.15, 0.2) is 0 Å². The van der Waals surface area contributed by atoms with E-state index in [1.165, 1.54) is 0 Å². The summed E-state index contributed by atoms with van der Waals surface area (Å²) in [4.78, 5) is 66.7. The Labute approximate surface area is 399 Å². The molecule has 0 saturated heterocycles. The first kappa shape index (κ1) is 63.6. The van der Waals surface area contributed by atoms with Crippen LogP contribution < -0.4 is 21.3 Å². The number of carbonyl (C=O) groups excluding carboxylic acids is 4. The second kappa shape index (κ2) is 50.5. The summed E-state index contributed by atoms with van der Waals surface area (Å²) in [6.45, 7) is 3.92. The zero-order chi connectivity index (χ0) is 50.4. The predicted molar refractivity (Wildman–Crippen MR) is 240 cm³/mol. The van der Waals surface area contributed by atoms with Crippen molar-refractivity contribution in [2.24, 2.45) is 25.9 Å². The molecule has 0 saturated carbocycles. The number of amides is 4. The van der Waals surface area contributed by atoms with Gasteiger partial charge in [0.2, 0.25) is 0 Å². The molecule has 32 heteroatoms. The van der Waals surface area contributed by atoms with Gasteiger partial charge in [0.05, 0.1) is 159 Å². The third-order valence-corrected chi connectivity index (χ3v) is 8.06. The SMILES string of the molecule is [N-]=[N+]=NCCOCCOCCOCCNC(=O)C(C(=O)NCCOCCOCCOCCN=[N+]=[N-])(C(=O)NCCOCCOCCOCCN=[N+]=[N-])C(=O)NCCOCCOCCOCCN=[N+]=[N-]. The highest BCUT2D eigenvalue weighted by molar-refractivity contribution is 6.37. The molecule has 0 aromatic heterocycles. The van der Waals surface area contributed by atoms with E-state index >= 15 is 0 Å². The summed E-state index contributed by atoms with van der Waals surface area (Å²) in [5.74, 6) is -4.96. The monoisotopic (exact) mass is 992 g/mol. The van der Waals surface area contributed by atoms with Gasteiger partial charge in [-0.3, -0.25) is 19.2 Å². The van der Waals surface area contributed by atoms with Crippen LogP contribution in [0.15, 0.2) is 20.5 Å². The highest BCUT2D eigenvalue weighted by Crippen LogP contribution is 2.20. The molecular formula is C37H68N16O16. The lowest BCUT2D eigenvalue weighted by Crippen LogP contribution is -2.67. The summed E-state index contributed by atoms with van der Waals surface area (Å²) in [6.07, 6.45) is 0. The van der Waals surface area contributed by atoms with Crippen molar-refractivity contribution >= 4 is 23.6 Å². The van der Waals surface area contributed by atoms with Crippen molar-refractivity contribution in [3.63, 3.8) is 0 Å². The molecule has 0 atom stereocenters. The predicted octanol–water partition coefficient (Wildman–Crippen LogP) is -0.122. The van der Waals surface area contributed by atoms with E-state index in [0.717, 1.165) is 0 Å². The minimum Gasteiger partial charge on any atom is -0.379 e. The highest BCUT2D eigenvalue weighted by Gasteiger charge is 2.59. The van der Waals surface area contributed by atoms with Crippen LogP contribution in [0.1, 0.15) is 0 Å². The number of carbonyl (C=O) groups is 4. The molecule has 0 spiro atoms. The molecule has 0 bridgehead atoms. The lowest BCUT2D eigenvalue weighted by molar-refractivity contribution is -0.158. The second-order valence-corrected chi connectivity index (χ2v) is 12.9. The first-order chi connectivity index (χ1) is 33.9. The van der Waals surface area contributed by atoms with Crippen LogP contribution in [0.25, 0.3) is 41.8 Å². The van der Waals surface area contributed by atoms with Crippen molar-refractivity contribution in [1.29, 1.82) is 0 Å². The highest BCUT2D eigenvalue weighted by atomic mass is 16.6. The van der Waals surface area contributed by atoms with Crippen LogP contribution in [-0.2, 0) is 76.0 Å². The number of hydrogen-bond donors (Lipinski definition) is 4. The van der Waals surface area contributed by atoms with E-state index < -0.39 is 29.0 Å². The Morgan fingerprint density at radius 3 is 0.623 bits per heavy atom. The van der Waals surface area contributed by atoms with Gasteiger partial charge in [0.1, 0.15) is 0 Å². The first-order valence-electron chi connectivity index (χ1n) is 22.0. The molecule has 0 radical (unpaired) electrons. The topological polar surface area (TPSA) is 422 Å². The summed E-state index contributed by atoms with van der Waals surface area (Å²) in [7, 11) is 0. The molecule has 0 heterocycles. The Balaban J connectivity index is 5.57. The largest absolute Gasteiger partial charge is 0.379 e. The number of azide groups is 4. The molecule has 0 aromatic carbocycles. The summed E-state index contributed by atoms with van der Waals surface area (Å²) >= 11 is 0. The van der Waals surface area contributed by atoms with Crippen LogP contribution in [0.5, 0.6) is 0 Å². The molecule has 392 valence electrons. The molecular weight excluding hydrogens is 925 g/mol. The van der Waals surface area contributed by atoms with E-state index in [-0.39, 0.29) is 211 Å². The molecule has 0 aliphatic carbocycles. The van der Waals surface area contributed by atoms with E-state index in [4.69, 9.17) is 79.0 Å². The van der Waals surface area contributed by atoms with Crippen LogP contribution in [0.2, 0.25) is 0 Å². The fraction of sp³-hybridized carbons (Fsp3) is 0.892. The van der Waals surface area contributed by atoms with Crippen molar-refractivity contribution in [3.8, 4) is 0 Å². The summed E-state index contributed by atoms with van der Waals surface area (Å²) in [6, 6.07) is 0. The van der Waals surface area contributed by atoms with Crippen LogP contribution in [0.3, 0.4) is 0 Å². The van der Waals surface area contributed by atoms with Crippen molar-refractivity contribution in [2.45, 2.75) is 0 Å². The van der Waals surface area contributed by atoms with Crippen molar-refractivity contribution < 1.29 is 76.0 Å². The summed E-state index contributed by atoms with van der Waals surface area (Å²) in [5.41, 5.74) is 30.2. The maximum absolute atomic E-state index is 14.0. The van der Waals surface area contributed by atoms with Crippen molar-refractivity contribution in [3.05, 3.63) is 41.8 Å². The molecule has 0 unspecified atom stereocenters. The summed E-state index contributed by atoms with van der Waals surface area (Å²) in [5, 5.41) is 23.3. The quantitative estimate of drug-likeness (QED) is 0.0203. The van der Waals surface area contributed by atoms with Gasteiger partial charge in [-0.1, -0.05) is 20.5 Å². The van der Waals surface area contributed by atoms with E-state index in [0.29, 0.717) is 0 Å². The van der Waals surface area contributed by atoms with E-state index in [1.54, 1.807) is 0 Å². The lowest BCUT2D eigenvalue weighted by atomic mass is 9.82. The van der Waals surface area contributed by atoms with Gasteiger partial charge in [-0.05, 0) is 22.1 Å². The minimum atomic E-state index is -2.99. The van der Waals surface area contributed by atoms with Crippen LogP contribution in [0, 0.1) is 5.41 Å². The third-order valence-electron chi connectivity index (χ3n) is 8.06. The van der Waals surface area contributed by atoms with Crippen LogP contribution in [0.4, 0.5) is 0 Å². The minimum absolute atomic E-state index is 0.0773. The Morgan fingerprint density at radius 2 is 0.449 bits per heavy atom.